The Morgan fingerprint density at radius 3 is 0.732 bits per heavy atom. The predicted molar refractivity (Wildman–Crippen MR) is 179 cm³/mol. The molecule has 41 heavy (non-hydrogen) atoms. The molecule has 12 heteroatoms. The van der Waals surface area contributed by atoms with E-state index in [1.165, 1.54) is 47.0 Å². The van der Waals surface area contributed by atoms with Crippen molar-refractivity contribution in [3.05, 3.63) is 48.6 Å². The maximum Gasteiger partial charge on any atom is 0.214 e. The molecule has 0 spiro atoms. The van der Waals surface area contributed by atoms with Crippen LogP contribution in [0.1, 0.15) is 35.1 Å². The standard InChI is InChI=1S/2C14H22O4S2.CH4/c2*1-11(2)13(15)19-9-7-17-5-6-18-8-10-20-14(16)12(3)4;/h2*1,3,5-10H2,2,4H3;1H4. The van der Waals surface area contributed by atoms with Crippen LogP contribution in [0.2, 0.25) is 0 Å². The molecule has 0 saturated heterocycles. The van der Waals surface area contributed by atoms with Gasteiger partial charge in [-0.3, -0.25) is 19.2 Å². The van der Waals surface area contributed by atoms with Crippen molar-refractivity contribution >= 4 is 67.5 Å². The number of ether oxygens (including phenoxy) is 4. The number of hydrogen-bond acceptors (Lipinski definition) is 12. The van der Waals surface area contributed by atoms with Crippen LogP contribution in [0, 0.1) is 0 Å². The van der Waals surface area contributed by atoms with Crippen LogP contribution in [-0.2, 0) is 38.1 Å². The molecule has 0 aromatic rings. The second-order valence-corrected chi connectivity index (χ2v) is 12.4. The fourth-order valence-electron chi connectivity index (χ4n) is 1.91. The van der Waals surface area contributed by atoms with E-state index in [9.17, 15) is 19.2 Å². The van der Waals surface area contributed by atoms with Gasteiger partial charge >= 0.3 is 0 Å². The highest BCUT2D eigenvalue weighted by atomic mass is 32.2. The first-order chi connectivity index (χ1) is 18.9. The lowest BCUT2D eigenvalue weighted by Gasteiger charge is -2.05. The number of rotatable bonds is 22. The normalized spacial score (nSPS) is 10.0. The van der Waals surface area contributed by atoms with Gasteiger partial charge in [0.15, 0.2) is 0 Å². The number of hydrogen-bond donors (Lipinski definition) is 0. The SMILES string of the molecule is C.C=C(C)C(=O)SCCOCCOCCSC(=O)C(=C)C.C=C(C)C(=O)SCCOCCOCCSC(=O)C(=C)C. The van der Waals surface area contributed by atoms with Crippen LogP contribution >= 0.6 is 47.0 Å². The Bertz CT molecular complexity index is 707. The Morgan fingerprint density at radius 2 is 0.585 bits per heavy atom. The Labute approximate surface area is 264 Å². The molecule has 0 unspecified atom stereocenters. The van der Waals surface area contributed by atoms with E-state index in [4.69, 9.17) is 18.9 Å². The van der Waals surface area contributed by atoms with Crippen molar-refractivity contribution in [3.63, 3.8) is 0 Å². The van der Waals surface area contributed by atoms with Gasteiger partial charge in [0.05, 0.1) is 52.9 Å². The van der Waals surface area contributed by atoms with Crippen molar-refractivity contribution in [3.8, 4) is 0 Å². The topological polar surface area (TPSA) is 105 Å². The van der Waals surface area contributed by atoms with Crippen LogP contribution in [0.5, 0.6) is 0 Å². The molecule has 0 aliphatic carbocycles. The fourth-order valence-corrected chi connectivity index (χ4v) is 4.44. The number of thioether (sulfide) groups is 4. The summed E-state index contributed by atoms with van der Waals surface area (Å²) >= 11 is 4.84. The van der Waals surface area contributed by atoms with Gasteiger partial charge in [-0.2, -0.15) is 0 Å². The minimum Gasteiger partial charge on any atom is -0.378 e. The lowest BCUT2D eigenvalue weighted by molar-refractivity contribution is -0.108. The van der Waals surface area contributed by atoms with E-state index in [0.717, 1.165) is 0 Å². The minimum atomic E-state index is 0. The van der Waals surface area contributed by atoms with Crippen molar-refractivity contribution in [1.29, 1.82) is 0 Å². The van der Waals surface area contributed by atoms with Gasteiger partial charge in [0.1, 0.15) is 0 Å². The van der Waals surface area contributed by atoms with Gasteiger partial charge in [0.25, 0.3) is 0 Å². The molecule has 0 aromatic carbocycles. The van der Waals surface area contributed by atoms with Gasteiger partial charge in [0, 0.05) is 23.0 Å². The van der Waals surface area contributed by atoms with Crippen LogP contribution < -0.4 is 0 Å². The van der Waals surface area contributed by atoms with E-state index in [1.54, 1.807) is 27.7 Å². The Kier molecular flexibility index (Phi) is 32.8. The third kappa shape index (κ3) is 31.6. The van der Waals surface area contributed by atoms with Crippen molar-refractivity contribution in [2.75, 3.05) is 75.9 Å². The van der Waals surface area contributed by atoms with E-state index in [1.807, 2.05) is 0 Å². The molecule has 0 atom stereocenters. The summed E-state index contributed by atoms with van der Waals surface area (Å²) in [5.74, 6) is 2.48. The third-order valence-corrected chi connectivity index (χ3v) is 7.91. The Morgan fingerprint density at radius 1 is 0.415 bits per heavy atom. The summed E-state index contributed by atoms with van der Waals surface area (Å²) in [7, 11) is 0. The van der Waals surface area contributed by atoms with E-state index >= 15 is 0 Å². The first kappa shape index (κ1) is 44.3. The summed E-state index contributed by atoms with van der Waals surface area (Å²) in [6.45, 7) is 25.1. The van der Waals surface area contributed by atoms with E-state index in [2.05, 4.69) is 26.3 Å². The molecule has 0 aromatic heterocycles. The highest BCUT2D eigenvalue weighted by Gasteiger charge is 2.05. The first-order valence-electron chi connectivity index (χ1n) is 12.5. The van der Waals surface area contributed by atoms with Gasteiger partial charge in [-0.15, -0.1) is 0 Å². The predicted octanol–water partition coefficient (Wildman–Crippen LogP) is 6.02. The van der Waals surface area contributed by atoms with Gasteiger partial charge in [-0.25, -0.2) is 0 Å². The zero-order valence-electron chi connectivity index (χ0n) is 24.2. The smallest absolute Gasteiger partial charge is 0.214 e. The molecular formula is C29H48O8S4. The molecule has 236 valence electrons. The minimum absolute atomic E-state index is 0. The zero-order chi connectivity index (χ0) is 30.8. The van der Waals surface area contributed by atoms with E-state index in [-0.39, 0.29) is 27.9 Å². The largest absolute Gasteiger partial charge is 0.378 e. The first-order valence-corrected chi connectivity index (χ1v) is 16.5. The maximum absolute atomic E-state index is 11.2. The molecule has 0 aliphatic heterocycles. The molecule has 0 bridgehead atoms. The molecule has 0 N–H and O–H groups in total. The second-order valence-electron chi connectivity index (χ2n) is 8.11. The second kappa shape index (κ2) is 30.3. The summed E-state index contributed by atoms with van der Waals surface area (Å²) in [6.07, 6.45) is 0. The highest BCUT2D eigenvalue weighted by Crippen LogP contribution is 2.10. The van der Waals surface area contributed by atoms with E-state index in [0.29, 0.717) is 98.2 Å². The molecular weight excluding hydrogens is 605 g/mol. The van der Waals surface area contributed by atoms with Crippen molar-refractivity contribution in [1.82, 2.24) is 0 Å². The zero-order valence-corrected chi connectivity index (χ0v) is 27.5. The number of carbonyl (C=O) groups excluding carboxylic acids is 4. The monoisotopic (exact) mass is 652 g/mol. The summed E-state index contributed by atoms with van der Waals surface area (Å²) in [6, 6.07) is 0. The molecule has 0 fully saturated rings. The van der Waals surface area contributed by atoms with Gasteiger partial charge in [0.2, 0.25) is 20.5 Å². The molecule has 0 heterocycles. The molecule has 8 nitrogen and oxygen atoms in total. The van der Waals surface area contributed by atoms with Crippen LogP contribution in [0.25, 0.3) is 0 Å². The maximum atomic E-state index is 11.2. The Hall–Kier alpha value is -1.12. The van der Waals surface area contributed by atoms with E-state index < -0.39 is 0 Å². The average Bonchev–Trinajstić information content (AvgIpc) is 2.90. The highest BCUT2D eigenvalue weighted by molar-refractivity contribution is 8.14. The summed E-state index contributed by atoms with van der Waals surface area (Å²) < 4.78 is 21.3. The summed E-state index contributed by atoms with van der Waals surface area (Å²) in [4.78, 5) is 44.8. The summed E-state index contributed by atoms with van der Waals surface area (Å²) in [5.41, 5.74) is 2.22. The average molecular weight is 653 g/mol. The van der Waals surface area contributed by atoms with Gasteiger partial charge in [-0.1, -0.05) is 80.8 Å². The molecule has 0 rings (SSSR count). The molecule has 0 aliphatic rings. The Balaban J connectivity index is -0.000000688. The quantitative estimate of drug-likeness (QED) is 0.101. The van der Waals surface area contributed by atoms with Gasteiger partial charge < -0.3 is 18.9 Å². The van der Waals surface area contributed by atoms with Crippen molar-refractivity contribution in [2.45, 2.75) is 35.1 Å². The molecule has 0 radical (unpaired) electrons. The number of carbonyl (C=O) groups is 4. The van der Waals surface area contributed by atoms with Crippen LogP contribution in [0.4, 0.5) is 0 Å². The van der Waals surface area contributed by atoms with Gasteiger partial charge in [-0.05, 0) is 50.0 Å². The lowest BCUT2D eigenvalue weighted by Crippen LogP contribution is -2.09. The van der Waals surface area contributed by atoms with Crippen molar-refractivity contribution in [2.24, 2.45) is 0 Å². The third-order valence-electron chi connectivity index (χ3n) is 3.98. The van der Waals surface area contributed by atoms with Crippen LogP contribution in [-0.4, -0.2) is 96.3 Å². The fraction of sp³-hybridized carbons (Fsp3) is 0.586. The lowest BCUT2D eigenvalue weighted by atomic mass is 10.4. The van der Waals surface area contributed by atoms with Crippen molar-refractivity contribution < 1.29 is 38.1 Å². The summed E-state index contributed by atoms with van der Waals surface area (Å²) in [5, 5.41) is 0.0150. The van der Waals surface area contributed by atoms with Crippen LogP contribution in [0.3, 0.4) is 0 Å². The molecule has 0 amide bonds. The van der Waals surface area contributed by atoms with Crippen LogP contribution in [0.15, 0.2) is 48.6 Å². The molecule has 0 saturated carbocycles.